The molecule has 0 saturated carbocycles. The first-order valence-electron chi connectivity index (χ1n) is 8.95. The van der Waals surface area contributed by atoms with Crippen LogP contribution in [0.15, 0.2) is 36.7 Å². The summed E-state index contributed by atoms with van der Waals surface area (Å²) in [5.41, 5.74) is 3.23. The number of hydrogen-bond donors (Lipinski definition) is 1. The molecule has 0 bridgehead atoms. The highest BCUT2D eigenvalue weighted by Crippen LogP contribution is 2.20. The summed E-state index contributed by atoms with van der Waals surface area (Å²) in [6.07, 6.45) is 2.31. The zero-order valence-corrected chi connectivity index (χ0v) is 16.4. The van der Waals surface area contributed by atoms with Crippen molar-refractivity contribution in [3.05, 3.63) is 59.4 Å². The summed E-state index contributed by atoms with van der Waals surface area (Å²) in [4.78, 5) is 22.7. The first kappa shape index (κ1) is 19.5. The summed E-state index contributed by atoms with van der Waals surface area (Å²) < 4.78 is 15.0. The number of carbonyl (C=O) groups is 1. The maximum atomic E-state index is 13.2. The van der Waals surface area contributed by atoms with E-state index < -0.39 is 0 Å². The number of carbonyl (C=O) groups excluding carboxylic acids is 1. The maximum Gasteiger partial charge on any atom is 0.224 e. The SMILES string of the molecule is Cc1nn(-c2cc(N(C)C)ncn2)c(C)c1CCC(=O)Nc1cccc(F)c1. The van der Waals surface area contributed by atoms with Crippen molar-refractivity contribution in [1.29, 1.82) is 0 Å². The highest BCUT2D eigenvalue weighted by Gasteiger charge is 2.16. The standard InChI is InChI=1S/C20H23FN6O/c1-13-17(8-9-20(28)24-16-7-5-6-15(21)10-16)14(2)27(25-13)19-11-18(26(3)4)22-12-23-19/h5-7,10-12H,8-9H2,1-4H3,(H,24,28). The molecule has 0 spiro atoms. The van der Waals surface area contributed by atoms with Crippen LogP contribution in [0.25, 0.3) is 5.82 Å². The van der Waals surface area contributed by atoms with Crippen LogP contribution in [0.3, 0.4) is 0 Å². The Morgan fingerprint density at radius 1 is 1.21 bits per heavy atom. The molecular formula is C20H23FN6O. The number of aryl methyl sites for hydroxylation is 1. The van der Waals surface area contributed by atoms with E-state index in [-0.39, 0.29) is 18.1 Å². The Kier molecular flexibility index (Phi) is 5.67. The number of nitrogens with zero attached hydrogens (tertiary/aromatic N) is 5. The normalized spacial score (nSPS) is 10.8. The Bertz CT molecular complexity index is 998. The number of aromatic nitrogens is 4. The predicted molar refractivity (Wildman–Crippen MR) is 106 cm³/mol. The molecule has 0 atom stereocenters. The summed E-state index contributed by atoms with van der Waals surface area (Å²) in [6.45, 7) is 3.87. The lowest BCUT2D eigenvalue weighted by Crippen LogP contribution is -2.13. The molecule has 0 aliphatic rings. The van der Waals surface area contributed by atoms with Gasteiger partial charge in [-0.05, 0) is 44.0 Å². The molecule has 1 amide bonds. The third kappa shape index (κ3) is 4.33. The Morgan fingerprint density at radius 3 is 2.71 bits per heavy atom. The third-order valence-electron chi connectivity index (χ3n) is 4.47. The van der Waals surface area contributed by atoms with E-state index in [0.29, 0.717) is 17.9 Å². The van der Waals surface area contributed by atoms with Crippen molar-refractivity contribution in [3.8, 4) is 5.82 Å². The van der Waals surface area contributed by atoms with E-state index in [9.17, 15) is 9.18 Å². The van der Waals surface area contributed by atoms with Crippen molar-refractivity contribution >= 4 is 17.4 Å². The molecule has 0 saturated heterocycles. The zero-order chi connectivity index (χ0) is 20.3. The molecule has 3 aromatic rings. The summed E-state index contributed by atoms with van der Waals surface area (Å²) in [7, 11) is 3.83. The summed E-state index contributed by atoms with van der Waals surface area (Å²) in [5, 5.41) is 7.30. The minimum atomic E-state index is -0.382. The number of benzene rings is 1. The van der Waals surface area contributed by atoms with Crippen molar-refractivity contribution in [1.82, 2.24) is 19.7 Å². The number of hydrogen-bond acceptors (Lipinski definition) is 5. The van der Waals surface area contributed by atoms with Crippen LogP contribution in [-0.4, -0.2) is 39.8 Å². The number of rotatable bonds is 6. The van der Waals surface area contributed by atoms with Crippen molar-refractivity contribution < 1.29 is 9.18 Å². The quantitative estimate of drug-likeness (QED) is 0.709. The minimum Gasteiger partial charge on any atom is -0.363 e. The summed E-state index contributed by atoms with van der Waals surface area (Å²) in [6, 6.07) is 7.72. The average molecular weight is 382 g/mol. The van der Waals surface area contributed by atoms with Gasteiger partial charge in [0.1, 0.15) is 18.0 Å². The molecule has 0 fully saturated rings. The molecule has 7 nitrogen and oxygen atoms in total. The number of nitrogens with one attached hydrogen (secondary N) is 1. The Hall–Kier alpha value is -3.29. The highest BCUT2D eigenvalue weighted by atomic mass is 19.1. The van der Waals surface area contributed by atoms with Gasteiger partial charge in [-0.2, -0.15) is 5.10 Å². The van der Waals surface area contributed by atoms with Gasteiger partial charge in [0.2, 0.25) is 5.91 Å². The van der Waals surface area contributed by atoms with E-state index >= 15 is 0 Å². The number of amides is 1. The molecule has 0 aliphatic heterocycles. The lowest BCUT2D eigenvalue weighted by Gasteiger charge is -2.12. The second-order valence-corrected chi connectivity index (χ2v) is 6.75. The van der Waals surface area contributed by atoms with Gasteiger partial charge in [-0.3, -0.25) is 4.79 Å². The molecule has 3 rings (SSSR count). The van der Waals surface area contributed by atoms with Gasteiger partial charge in [-0.15, -0.1) is 0 Å². The van der Waals surface area contributed by atoms with E-state index in [2.05, 4.69) is 20.4 Å². The Balaban J connectivity index is 1.73. The smallest absolute Gasteiger partial charge is 0.224 e. The second kappa shape index (κ2) is 8.16. The van der Waals surface area contributed by atoms with Crippen LogP contribution in [0.4, 0.5) is 15.9 Å². The predicted octanol–water partition coefficient (Wildman–Crippen LogP) is 3.06. The van der Waals surface area contributed by atoms with Gasteiger partial charge in [0.05, 0.1) is 5.69 Å². The fourth-order valence-electron chi connectivity index (χ4n) is 2.99. The largest absolute Gasteiger partial charge is 0.363 e. The lowest BCUT2D eigenvalue weighted by molar-refractivity contribution is -0.116. The molecule has 0 aliphatic carbocycles. The van der Waals surface area contributed by atoms with Gasteiger partial charge in [-0.1, -0.05) is 6.07 Å². The van der Waals surface area contributed by atoms with E-state index in [0.717, 1.165) is 22.8 Å². The van der Waals surface area contributed by atoms with Crippen LogP contribution in [0, 0.1) is 19.7 Å². The Morgan fingerprint density at radius 2 is 2.00 bits per heavy atom. The van der Waals surface area contributed by atoms with Gasteiger partial charge in [0.25, 0.3) is 0 Å². The van der Waals surface area contributed by atoms with E-state index in [4.69, 9.17) is 0 Å². The fraction of sp³-hybridized carbons (Fsp3) is 0.300. The average Bonchev–Trinajstić information content (AvgIpc) is 2.94. The molecule has 0 radical (unpaired) electrons. The van der Waals surface area contributed by atoms with Crippen LogP contribution in [0.5, 0.6) is 0 Å². The topological polar surface area (TPSA) is 75.9 Å². The van der Waals surface area contributed by atoms with Gasteiger partial charge in [0, 0.05) is 38.0 Å². The number of anilines is 2. The van der Waals surface area contributed by atoms with Gasteiger partial charge < -0.3 is 10.2 Å². The Labute approximate surface area is 163 Å². The van der Waals surface area contributed by atoms with Crippen molar-refractivity contribution in [2.75, 3.05) is 24.3 Å². The van der Waals surface area contributed by atoms with Crippen LogP contribution >= 0.6 is 0 Å². The van der Waals surface area contributed by atoms with E-state index in [1.165, 1.54) is 18.5 Å². The van der Waals surface area contributed by atoms with Crippen molar-refractivity contribution in [2.45, 2.75) is 26.7 Å². The van der Waals surface area contributed by atoms with Gasteiger partial charge in [-0.25, -0.2) is 19.0 Å². The third-order valence-corrected chi connectivity index (χ3v) is 4.47. The first-order chi connectivity index (χ1) is 13.3. The monoisotopic (exact) mass is 382 g/mol. The molecule has 8 heteroatoms. The van der Waals surface area contributed by atoms with Crippen LogP contribution in [-0.2, 0) is 11.2 Å². The van der Waals surface area contributed by atoms with Crippen molar-refractivity contribution in [2.24, 2.45) is 0 Å². The highest BCUT2D eigenvalue weighted by molar-refractivity contribution is 5.90. The molecule has 1 aromatic carbocycles. The van der Waals surface area contributed by atoms with Gasteiger partial charge >= 0.3 is 0 Å². The summed E-state index contributed by atoms with van der Waals surface area (Å²) in [5.74, 6) is 0.908. The minimum absolute atomic E-state index is 0.172. The van der Waals surface area contributed by atoms with Crippen LogP contribution < -0.4 is 10.2 Å². The lowest BCUT2D eigenvalue weighted by atomic mass is 10.1. The molecule has 2 heterocycles. The molecule has 146 valence electrons. The van der Waals surface area contributed by atoms with E-state index in [1.807, 2.05) is 38.9 Å². The molecule has 1 N–H and O–H groups in total. The maximum absolute atomic E-state index is 13.2. The fourth-order valence-corrected chi connectivity index (χ4v) is 2.99. The van der Waals surface area contributed by atoms with E-state index in [1.54, 1.807) is 16.8 Å². The number of halogens is 1. The van der Waals surface area contributed by atoms with Crippen LogP contribution in [0.2, 0.25) is 0 Å². The molecular weight excluding hydrogens is 359 g/mol. The molecule has 28 heavy (non-hydrogen) atoms. The van der Waals surface area contributed by atoms with Crippen LogP contribution in [0.1, 0.15) is 23.4 Å². The zero-order valence-electron chi connectivity index (χ0n) is 16.4. The molecule has 0 unspecified atom stereocenters. The van der Waals surface area contributed by atoms with Crippen molar-refractivity contribution in [3.63, 3.8) is 0 Å². The molecule has 2 aromatic heterocycles. The first-order valence-corrected chi connectivity index (χ1v) is 8.95. The van der Waals surface area contributed by atoms with Gasteiger partial charge in [0.15, 0.2) is 5.82 Å². The second-order valence-electron chi connectivity index (χ2n) is 6.75. The summed E-state index contributed by atoms with van der Waals surface area (Å²) >= 11 is 0.